The van der Waals surface area contributed by atoms with Gasteiger partial charge in [0.05, 0.1) is 11.5 Å². The van der Waals surface area contributed by atoms with Gasteiger partial charge in [-0.3, -0.25) is 0 Å². The SMILES string of the molecule is O=CC1CNc2ccc(C(F)(F)F)cc21. The molecule has 1 aromatic rings. The highest BCUT2D eigenvalue weighted by molar-refractivity contribution is 5.73. The van der Waals surface area contributed by atoms with Crippen molar-refractivity contribution in [2.75, 3.05) is 11.9 Å². The van der Waals surface area contributed by atoms with Crippen LogP contribution >= 0.6 is 0 Å². The molecule has 2 nitrogen and oxygen atoms in total. The van der Waals surface area contributed by atoms with Crippen LogP contribution in [0.15, 0.2) is 18.2 Å². The van der Waals surface area contributed by atoms with Crippen molar-refractivity contribution in [1.82, 2.24) is 0 Å². The maximum absolute atomic E-state index is 12.4. The van der Waals surface area contributed by atoms with Gasteiger partial charge in [-0.2, -0.15) is 13.2 Å². The highest BCUT2D eigenvalue weighted by Crippen LogP contribution is 2.36. The molecule has 1 N–H and O–H groups in total. The Hall–Kier alpha value is -1.52. The molecule has 0 radical (unpaired) electrons. The molecule has 0 amide bonds. The zero-order chi connectivity index (χ0) is 11.1. The predicted octanol–water partition coefficient (Wildman–Crippen LogP) is 2.41. The summed E-state index contributed by atoms with van der Waals surface area (Å²) >= 11 is 0. The lowest BCUT2D eigenvalue weighted by atomic mass is 10.0. The van der Waals surface area contributed by atoms with Crippen LogP contribution in [0.3, 0.4) is 0 Å². The lowest BCUT2D eigenvalue weighted by Crippen LogP contribution is -2.06. The topological polar surface area (TPSA) is 29.1 Å². The Labute approximate surface area is 84.1 Å². The molecule has 0 fully saturated rings. The predicted molar refractivity (Wildman–Crippen MR) is 48.7 cm³/mol. The van der Waals surface area contributed by atoms with E-state index in [-0.39, 0.29) is 0 Å². The van der Waals surface area contributed by atoms with Crippen LogP contribution in [-0.2, 0) is 11.0 Å². The van der Waals surface area contributed by atoms with Crippen LogP contribution in [0.25, 0.3) is 0 Å². The molecule has 1 unspecified atom stereocenters. The van der Waals surface area contributed by atoms with Gasteiger partial charge in [0.2, 0.25) is 0 Å². The van der Waals surface area contributed by atoms with Gasteiger partial charge in [0.25, 0.3) is 0 Å². The van der Waals surface area contributed by atoms with Crippen molar-refractivity contribution in [3.05, 3.63) is 29.3 Å². The van der Waals surface area contributed by atoms with E-state index in [1.54, 1.807) is 0 Å². The first-order valence-electron chi connectivity index (χ1n) is 4.42. The van der Waals surface area contributed by atoms with E-state index < -0.39 is 17.7 Å². The molecule has 80 valence electrons. The lowest BCUT2D eigenvalue weighted by molar-refractivity contribution is -0.137. The average Bonchev–Trinajstić information content (AvgIpc) is 2.57. The maximum atomic E-state index is 12.4. The monoisotopic (exact) mass is 215 g/mol. The molecule has 2 rings (SSSR count). The minimum absolute atomic E-state index is 0.375. The van der Waals surface area contributed by atoms with Gasteiger partial charge in [-0.05, 0) is 23.8 Å². The van der Waals surface area contributed by atoms with Crippen LogP contribution in [0.4, 0.5) is 18.9 Å². The second-order valence-electron chi connectivity index (χ2n) is 3.42. The number of aldehydes is 1. The zero-order valence-electron chi connectivity index (χ0n) is 7.64. The normalized spacial score (nSPS) is 19.5. The van der Waals surface area contributed by atoms with Crippen LogP contribution in [0, 0.1) is 0 Å². The summed E-state index contributed by atoms with van der Waals surface area (Å²) in [4.78, 5) is 10.6. The smallest absolute Gasteiger partial charge is 0.384 e. The summed E-state index contributed by atoms with van der Waals surface area (Å²) in [5.41, 5.74) is 0.330. The first-order valence-corrected chi connectivity index (χ1v) is 4.42. The molecule has 0 aromatic heterocycles. The van der Waals surface area contributed by atoms with Gasteiger partial charge < -0.3 is 10.1 Å². The summed E-state index contributed by atoms with van der Waals surface area (Å²) in [5.74, 6) is -0.470. The Morgan fingerprint density at radius 1 is 1.40 bits per heavy atom. The van der Waals surface area contributed by atoms with E-state index >= 15 is 0 Å². The van der Waals surface area contributed by atoms with Gasteiger partial charge in [-0.1, -0.05) is 0 Å². The number of benzene rings is 1. The number of alkyl halides is 3. The second kappa shape index (κ2) is 3.25. The lowest BCUT2D eigenvalue weighted by Gasteiger charge is -2.09. The van der Waals surface area contributed by atoms with Crippen LogP contribution in [0.2, 0.25) is 0 Å². The summed E-state index contributed by atoms with van der Waals surface area (Å²) in [6.45, 7) is 0.375. The standard InChI is InChI=1S/C10H8F3NO/c11-10(12,13)7-1-2-9-8(3-7)6(5-15)4-14-9/h1-3,5-6,14H,4H2. The Bertz CT molecular complexity index is 400. The summed E-state index contributed by atoms with van der Waals surface area (Å²) in [5, 5.41) is 2.88. The molecule has 0 bridgehead atoms. The number of hydrogen-bond acceptors (Lipinski definition) is 2. The van der Waals surface area contributed by atoms with Gasteiger partial charge in [0.1, 0.15) is 6.29 Å². The van der Waals surface area contributed by atoms with Crippen molar-refractivity contribution < 1.29 is 18.0 Å². The van der Waals surface area contributed by atoms with Gasteiger partial charge in [-0.15, -0.1) is 0 Å². The summed E-state index contributed by atoms with van der Waals surface area (Å²) in [7, 11) is 0. The Kier molecular flexibility index (Phi) is 2.17. The fourth-order valence-corrected chi connectivity index (χ4v) is 1.66. The maximum Gasteiger partial charge on any atom is 0.416 e. The van der Waals surface area contributed by atoms with Crippen molar-refractivity contribution in [3.63, 3.8) is 0 Å². The quantitative estimate of drug-likeness (QED) is 0.729. The number of anilines is 1. The molecule has 1 atom stereocenters. The minimum atomic E-state index is -4.36. The highest BCUT2D eigenvalue weighted by Gasteiger charge is 2.33. The first-order chi connectivity index (χ1) is 7.02. The Morgan fingerprint density at radius 3 is 2.73 bits per heavy atom. The van der Waals surface area contributed by atoms with Gasteiger partial charge in [-0.25, -0.2) is 0 Å². The summed E-state index contributed by atoms with van der Waals surface area (Å²) in [6, 6.07) is 3.41. The van der Waals surface area contributed by atoms with Gasteiger partial charge in [0.15, 0.2) is 0 Å². The van der Waals surface area contributed by atoms with Crippen LogP contribution in [-0.4, -0.2) is 12.8 Å². The molecule has 5 heteroatoms. The Balaban J connectivity index is 2.45. The van der Waals surface area contributed by atoms with E-state index in [1.165, 1.54) is 6.07 Å². The molecular weight excluding hydrogens is 207 g/mol. The van der Waals surface area contributed by atoms with Crippen molar-refractivity contribution >= 4 is 12.0 Å². The number of carbonyl (C=O) groups is 1. The van der Waals surface area contributed by atoms with E-state index in [0.29, 0.717) is 24.1 Å². The number of carbonyl (C=O) groups excluding carboxylic acids is 1. The third kappa shape index (κ3) is 1.69. The van der Waals surface area contributed by atoms with E-state index in [4.69, 9.17) is 0 Å². The molecule has 0 aliphatic carbocycles. The van der Waals surface area contributed by atoms with Crippen LogP contribution < -0.4 is 5.32 Å². The fraction of sp³-hybridized carbons (Fsp3) is 0.300. The third-order valence-electron chi connectivity index (χ3n) is 2.46. The van der Waals surface area contributed by atoms with Crippen molar-refractivity contribution in [1.29, 1.82) is 0 Å². The van der Waals surface area contributed by atoms with E-state index in [2.05, 4.69) is 5.32 Å². The van der Waals surface area contributed by atoms with E-state index in [0.717, 1.165) is 12.1 Å². The number of fused-ring (bicyclic) bond motifs is 1. The van der Waals surface area contributed by atoms with Gasteiger partial charge in [0, 0.05) is 12.2 Å². The summed E-state index contributed by atoms with van der Waals surface area (Å²) in [6.07, 6.45) is -3.69. The number of halogens is 3. The third-order valence-corrected chi connectivity index (χ3v) is 2.46. The van der Waals surface area contributed by atoms with Crippen molar-refractivity contribution in [3.8, 4) is 0 Å². The molecule has 1 aliphatic heterocycles. The molecule has 1 heterocycles. The molecule has 0 saturated heterocycles. The molecular formula is C10H8F3NO. The van der Waals surface area contributed by atoms with E-state index in [9.17, 15) is 18.0 Å². The van der Waals surface area contributed by atoms with Crippen molar-refractivity contribution in [2.45, 2.75) is 12.1 Å². The summed E-state index contributed by atoms with van der Waals surface area (Å²) < 4.78 is 37.1. The van der Waals surface area contributed by atoms with Crippen molar-refractivity contribution in [2.24, 2.45) is 0 Å². The zero-order valence-corrected chi connectivity index (χ0v) is 7.64. The van der Waals surface area contributed by atoms with Crippen LogP contribution in [0.1, 0.15) is 17.0 Å². The highest BCUT2D eigenvalue weighted by atomic mass is 19.4. The van der Waals surface area contributed by atoms with Gasteiger partial charge >= 0.3 is 6.18 Å². The Morgan fingerprint density at radius 2 is 2.13 bits per heavy atom. The number of nitrogens with one attached hydrogen (secondary N) is 1. The molecule has 1 aromatic carbocycles. The minimum Gasteiger partial charge on any atom is -0.384 e. The average molecular weight is 215 g/mol. The largest absolute Gasteiger partial charge is 0.416 e. The molecule has 15 heavy (non-hydrogen) atoms. The second-order valence-corrected chi connectivity index (χ2v) is 3.42. The van der Waals surface area contributed by atoms with Crippen LogP contribution in [0.5, 0.6) is 0 Å². The van der Waals surface area contributed by atoms with E-state index in [1.807, 2.05) is 0 Å². The molecule has 0 saturated carbocycles. The fourth-order valence-electron chi connectivity index (χ4n) is 1.66. The first kappa shape index (κ1) is 10.0. The number of hydrogen-bond donors (Lipinski definition) is 1. The number of rotatable bonds is 1. The molecule has 1 aliphatic rings. The molecule has 0 spiro atoms.